The van der Waals surface area contributed by atoms with Crippen LogP contribution in [0.3, 0.4) is 0 Å². The molecule has 2 nitrogen and oxygen atoms in total. The Balaban J connectivity index is 2.20. The number of carbonyl (C=O) groups is 1. The van der Waals surface area contributed by atoms with Gasteiger partial charge in [-0.05, 0) is 28.8 Å². The first kappa shape index (κ1) is 15.6. The van der Waals surface area contributed by atoms with Crippen molar-refractivity contribution in [3.63, 3.8) is 0 Å². The minimum atomic E-state index is 0.182. The van der Waals surface area contributed by atoms with Crippen LogP contribution in [-0.2, 0) is 0 Å². The number of nitrogen functional groups attached to an aromatic ring is 1. The molecule has 2 aromatic carbocycles. The van der Waals surface area contributed by atoms with Gasteiger partial charge in [-0.15, -0.1) is 0 Å². The van der Waals surface area contributed by atoms with Crippen LogP contribution in [0.2, 0.25) is 0 Å². The number of unbranched alkanes of at least 4 members (excludes halogenated alkanes) is 1. The summed E-state index contributed by atoms with van der Waals surface area (Å²) in [5, 5.41) is 2.17. The quantitative estimate of drug-likeness (QED) is 0.560. The first-order chi connectivity index (χ1) is 10.2. The van der Waals surface area contributed by atoms with E-state index >= 15 is 0 Å². The van der Waals surface area contributed by atoms with Gasteiger partial charge in [-0.25, -0.2) is 0 Å². The minimum Gasteiger partial charge on any atom is -0.398 e. The van der Waals surface area contributed by atoms with Gasteiger partial charge in [0.05, 0.1) is 0 Å². The fourth-order valence-corrected chi connectivity index (χ4v) is 2.81. The lowest BCUT2D eigenvalue weighted by Crippen LogP contribution is -2.10. The van der Waals surface area contributed by atoms with Crippen LogP contribution in [0.4, 0.5) is 5.69 Å². The topological polar surface area (TPSA) is 43.1 Å². The second kappa shape index (κ2) is 7.26. The molecular formula is C19H25NO. The Labute approximate surface area is 127 Å². The molecule has 2 aromatic rings. The molecule has 2 rings (SSSR count). The smallest absolute Gasteiger partial charge is 0.165 e. The number of carbonyl (C=O) groups excluding carboxylic acids is 1. The summed E-state index contributed by atoms with van der Waals surface area (Å²) in [5.41, 5.74) is 7.37. The summed E-state index contributed by atoms with van der Waals surface area (Å²) in [4.78, 5) is 12.6. The second-order valence-corrected chi connectivity index (χ2v) is 5.83. The zero-order chi connectivity index (χ0) is 15.2. The van der Waals surface area contributed by atoms with E-state index in [0.29, 0.717) is 23.6 Å². The number of hydrogen-bond acceptors (Lipinski definition) is 2. The first-order valence-electron chi connectivity index (χ1n) is 7.97. The lowest BCUT2D eigenvalue weighted by Gasteiger charge is -2.14. The zero-order valence-corrected chi connectivity index (χ0v) is 13.1. The molecule has 21 heavy (non-hydrogen) atoms. The second-order valence-electron chi connectivity index (χ2n) is 5.83. The Hall–Kier alpha value is -1.83. The van der Waals surface area contributed by atoms with Crippen LogP contribution in [-0.4, -0.2) is 5.78 Å². The van der Waals surface area contributed by atoms with Crippen LogP contribution < -0.4 is 5.73 Å². The van der Waals surface area contributed by atoms with Gasteiger partial charge in [-0.2, -0.15) is 0 Å². The Kier molecular flexibility index (Phi) is 5.38. The third kappa shape index (κ3) is 3.84. The standard InChI is InChI=1S/C19H25NO/c1-3-5-8-14(4-2)11-19(21)17-12-15-9-6-7-10-16(15)13-18(17)20/h6-7,9-10,12-14H,3-5,8,11,20H2,1-2H3. The maximum Gasteiger partial charge on any atom is 0.165 e. The minimum absolute atomic E-state index is 0.182. The molecule has 0 saturated carbocycles. The van der Waals surface area contributed by atoms with Crippen LogP contribution in [0.1, 0.15) is 56.3 Å². The third-order valence-corrected chi connectivity index (χ3v) is 4.24. The van der Waals surface area contributed by atoms with Crippen molar-refractivity contribution in [2.24, 2.45) is 5.92 Å². The fourth-order valence-electron chi connectivity index (χ4n) is 2.81. The SMILES string of the molecule is CCCCC(CC)CC(=O)c1cc2ccccc2cc1N. The molecule has 2 heteroatoms. The van der Waals surface area contributed by atoms with E-state index < -0.39 is 0 Å². The first-order valence-corrected chi connectivity index (χ1v) is 7.97. The van der Waals surface area contributed by atoms with Crippen molar-refractivity contribution in [3.8, 4) is 0 Å². The predicted octanol–water partition coefficient (Wildman–Crippen LogP) is 5.21. The molecule has 0 heterocycles. The average Bonchev–Trinajstić information content (AvgIpc) is 2.50. The Morgan fingerprint density at radius 3 is 2.43 bits per heavy atom. The number of ketones is 1. The number of Topliss-reactive ketones (excluding diaryl/α,β-unsaturated/α-hetero) is 1. The molecule has 0 aromatic heterocycles. The van der Waals surface area contributed by atoms with Crippen molar-refractivity contribution >= 4 is 22.2 Å². The summed E-state index contributed by atoms with van der Waals surface area (Å²) in [7, 11) is 0. The van der Waals surface area contributed by atoms with Crippen LogP contribution in [0.25, 0.3) is 10.8 Å². The van der Waals surface area contributed by atoms with Crippen LogP contribution in [0.15, 0.2) is 36.4 Å². The summed E-state index contributed by atoms with van der Waals surface area (Å²) in [5.74, 6) is 0.657. The lowest BCUT2D eigenvalue weighted by atomic mass is 9.90. The number of rotatable bonds is 7. The molecule has 0 saturated heterocycles. The normalized spacial score (nSPS) is 12.5. The molecule has 0 amide bonds. The summed E-state index contributed by atoms with van der Waals surface area (Å²) in [6.45, 7) is 4.35. The Bertz CT molecular complexity index is 618. The van der Waals surface area contributed by atoms with E-state index in [-0.39, 0.29) is 5.78 Å². The van der Waals surface area contributed by atoms with Crippen LogP contribution in [0, 0.1) is 5.92 Å². The van der Waals surface area contributed by atoms with Crippen molar-refractivity contribution in [2.75, 3.05) is 5.73 Å². The molecule has 112 valence electrons. The molecule has 0 fully saturated rings. The van der Waals surface area contributed by atoms with E-state index in [9.17, 15) is 4.79 Å². The van der Waals surface area contributed by atoms with Gasteiger partial charge in [0.2, 0.25) is 0 Å². The largest absolute Gasteiger partial charge is 0.398 e. The van der Waals surface area contributed by atoms with Crippen molar-refractivity contribution in [1.29, 1.82) is 0 Å². The maximum absolute atomic E-state index is 12.6. The number of fused-ring (bicyclic) bond motifs is 1. The van der Waals surface area contributed by atoms with Crippen molar-refractivity contribution in [2.45, 2.75) is 46.0 Å². The molecule has 1 unspecified atom stereocenters. The van der Waals surface area contributed by atoms with Gasteiger partial charge in [0.1, 0.15) is 0 Å². The molecular weight excluding hydrogens is 258 g/mol. The van der Waals surface area contributed by atoms with Gasteiger partial charge in [-0.3, -0.25) is 4.79 Å². The van der Waals surface area contributed by atoms with Gasteiger partial charge in [0.15, 0.2) is 5.78 Å². The Morgan fingerprint density at radius 1 is 1.14 bits per heavy atom. The van der Waals surface area contributed by atoms with Gasteiger partial charge in [-0.1, -0.05) is 63.8 Å². The van der Waals surface area contributed by atoms with E-state index in [0.717, 1.165) is 23.6 Å². The highest BCUT2D eigenvalue weighted by molar-refractivity contribution is 6.05. The highest BCUT2D eigenvalue weighted by Gasteiger charge is 2.16. The zero-order valence-electron chi connectivity index (χ0n) is 13.1. The molecule has 1 atom stereocenters. The number of anilines is 1. The van der Waals surface area contributed by atoms with E-state index in [1.165, 1.54) is 12.8 Å². The van der Waals surface area contributed by atoms with Crippen LogP contribution >= 0.6 is 0 Å². The predicted molar refractivity (Wildman–Crippen MR) is 90.6 cm³/mol. The highest BCUT2D eigenvalue weighted by atomic mass is 16.1. The average molecular weight is 283 g/mol. The molecule has 0 aliphatic carbocycles. The summed E-state index contributed by atoms with van der Waals surface area (Å²) >= 11 is 0. The highest BCUT2D eigenvalue weighted by Crippen LogP contribution is 2.26. The van der Waals surface area contributed by atoms with E-state index in [1.54, 1.807) is 0 Å². The molecule has 2 N–H and O–H groups in total. The molecule has 0 bridgehead atoms. The van der Waals surface area contributed by atoms with Crippen molar-refractivity contribution in [3.05, 3.63) is 42.0 Å². The van der Waals surface area contributed by atoms with Crippen LogP contribution in [0.5, 0.6) is 0 Å². The summed E-state index contributed by atoms with van der Waals surface area (Å²) < 4.78 is 0. The van der Waals surface area contributed by atoms with Crippen molar-refractivity contribution < 1.29 is 4.79 Å². The third-order valence-electron chi connectivity index (χ3n) is 4.24. The van der Waals surface area contributed by atoms with E-state index in [1.807, 2.05) is 36.4 Å². The maximum atomic E-state index is 12.6. The lowest BCUT2D eigenvalue weighted by molar-refractivity contribution is 0.0958. The van der Waals surface area contributed by atoms with Gasteiger partial charge in [0.25, 0.3) is 0 Å². The molecule has 0 aliphatic rings. The number of nitrogens with two attached hydrogens (primary N) is 1. The number of benzene rings is 2. The summed E-state index contributed by atoms with van der Waals surface area (Å²) in [6.07, 6.45) is 5.17. The number of hydrogen-bond donors (Lipinski definition) is 1. The van der Waals surface area contributed by atoms with Gasteiger partial charge >= 0.3 is 0 Å². The monoisotopic (exact) mass is 283 g/mol. The molecule has 0 aliphatic heterocycles. The van der Waals surface area contributed by atoms with Gasteiger partial charge in [0, 0.05) is 17.7 Å². The molecule has 0 radical (unpaired) electrons. The van der Waals surface area contributed by atoms with E-state index in [2.05, 4.69) is 13.8 Å². The Morgan fingerprint density at radius 2 is 1.81 bits per heavy atom. The molecule has 0 spiro atoms. The van der Waals surface area contributed by atoms with Gasteiger partial charge < -0.3 is 5.73 Å². The van der Waals surface area contributed by atoms with E-state index in [4.69, 9.17) is 5.73 Å². The summed E-state index contributed by atoms with van der Waals surface area (Å²) in [6, 6.07) is 11.9. The fraction of sp³-hybridized carbons (Fsp3) is 0.421. The van der Waals surface area contributed by atoms with Crippen molar-refractivity contribution in [1.82, 2.24) is 0 Å².